The van der Waals surface area contributed by atoms with Gasteiger partial charge < -0.3 is 25.8 Å². The van der Waals surface area contributed by atoms with Crippen LogP contribution in [0, 0.1) is 11.8 Å². The highest BCUT2D eigenvalue weighted by Crippen LogP contribution is 2.34. The van der Waals surface area contributed by atoms with E-state index >= 15 is 0 Å². The second-order valence-electron chi connectivity index (χ2n) is 11.6. The van der Waals surface area contributed by atoms with Gasteiger partial charge in [-0.25, -0.2) is 4.98 Å². The van der Waals surface area contributed by atoms with E-state index < -0.39 is 0 Å². The Labute approximate surface area is 262 Å². The van der Waals surface area contributed by atoms with Crippen molar-refractivity contribution < 1.29 is 23.9 Å². The molecule has 0 unspecified atom stereocenters. The summed E-state index contributed by atoms with van der Waals surface area (Å²) in [5.74, 6) is 1.80. The fraction of sp³-hybridized carbons (Fsp3) is 0.500. The van der Waals surface area contributed by atoms with Gasteiger partial charge in [0.1, 0.15) is 17.0 Å². The molecule has 1 saturated carbocycles. The van der Waals surface area contributed by atoms with Crippen molar-refractivity contribution in [1.82, 2.24) is 30.0 Å². The van der Waals surface area contributed by atoms with Gasteiger partial charge in [0.25, 0.3) is 11.8 Å². The second kappa shape index (κ2) is 14.4. The number of fused-ring (bicyclic) bond motifs is 1. The minimum atomic E-state index is -0.251. The van der Waals surface area contributed by atoms with Crippen molar-refractivity contribution in [3.63, 3.8) is 0 Å². The Balaban J connectivity index is 1.21. The lowest BCUT2D eigenvalue weighted by Crippen LogP contribution is -2.38. The molecule has 1 aromatic carbocycles. The predicted octanol–water partition coefficient (Wildman–Crippen LogP) is 3.08. The molecule has 1 aliphatic heterocycles. The first-order valence-corrected chi connectivity index (χ1v) is 15.6. The molecule has 13 heteroatoms. The number of ether oxygens (including phenoxy) is 2. The van der Waals surface area contributed by atoms with E-state index in [0.29, 0.717) is 54.4 Å². The standard InChI is InChI=1S/C32H42N8O5/c1-4-5-15-34-30-28-24(36-32(33)37-30)19-39(38-28)18-23-25(44-2)11-10-21(29(23)45-3)14-16-35-31(43)22-8-6-20(7-9-22)17-40-26(41)12-13-27(40)42/h10-13,19-20,22H,4-9,14-18H2,1-3H3,(H,35,43)(H3,33,34,36,37). The van der Waals surface area contributed by atoms with E-state index in [4.69, 9.17) is 20.3 Å². The molecule has 3 aromatic rings. The third-order valence-corrected chi connectivity index (χ3v) is 8.55. The van der Waals surface area contributed by atoms with Crippen molar-refractivity contribution in [1.29, 1.82) is 0 Å². The second-order valence-corrected chi connectivity index (χ2v) is 11.6. The Bertz CT molecular complexity index is 1560. The minimum absolute atomic E-state index is 0.0307. The number of anilines is 2. The van der Waals surface area contributed by atoms with Crippen molar-refractivity contribution in [3.8, 4) is 11.5 Å². The van der Waals surface area contributed by atoms with E-state index in [1.165, 1.54) is 17.1 Å². The zero-order valence-corrected chi connectivity index (χ0v) is 26.2. The summed E-state index contributed by atoms with van der Waals surface area (Å²) in [7, 11) is 3.24. The largest absolute Gasteiger partial charge is 0.496 e. The molecule has 1 aliphatic carbocycles. The Hall–Kier alpha value is -4.68. The molecule has 3 heterocycles. The quantitative estimate of drug-likeness (QED) is 0.180. The highest BCUT2D eigenvalue weighted by Gasteiger charge is 2.31. The predicted molar refractivity (Wildman–Crippen MR) is 170 cm³/mol. The molecular weight excluding hydrogens is 576 g/mol. The number of rotatable bonds is 14. The lowest BCUT2D eigenvalue weighted by atomic mass is 9.81. The molecule has 5 rings (SSSR count). The third kappa shape index (κ3) is 7.35. The van der Waals surface area contributed by atoms with Crippen LogP contribution in [0.5, 0.6) is 11.5 Å². The van der Waals surface area contributed by atoms with Crippen molar-refractivity contribution >= 4 is 40.5 Å². The van der Waals surface area contributed by atoms with E-state index in [1.54, 1.807) is 18.9 Å². The van der Waals surface area contributed by atoms with Crippen LogP contribution in [0.25, 0.3) is 11.0 Å². The van der Waals surface area contributed by atoms with Crippen LogP contribution >= 0.6 is 0 Å². The lowest BCUT2D eigenvalue weighted by molar-refractivity contribution is -0.138. The zero-order chi connectivity index (χ0) is 31.9. The molecule has 240 valence electrons. The fourth-order valence-corrected chi connectivity index (χ4v) is 6.12. The van der Waals surface area contributed by atoms with Gasteiger partial charge in [0.15, 0.2) is 11.3 Å². The SMILES string of the molecule is CCCCNc1nc(N)nc2cn(Cc3c(OC)ccc(CCNC(=O)C4CCC(CN5C(=O)C=CC5=O)CC4)c3OC)nc12. The number of aromatic nitrogens is 4. The van der Waals surface area contributed by atoms with Gasteiger partial charge in [0, 0.05) is 37.7 Å². The van der Waals surface area contributed by atoms with Crippen LogP contribution in [0.1, 0.15) is 56.6 Å². The number of unbranched alkanes of at least 4 members (excludes halogenated alkanes) is 1. The molecule has 45 heavy (non-hydrogen) atoms. The number of amides is 3. The van der Waals surface area contributed by atoms with Crippen molar-refractivity contribution in [3.05, 3.63) is 41.6 Å². The molecule has 4 N–H and O–H groups in total. The van der Waals surface area contributed by atoms with Crippen LogP contribution in [0.15, 0.2) is 30.5 Å². The number of nitrogen functional groups attached to an aromatic ring is 1. The molecule has 0 saturated heterocycles. The van der Waals surface area contributed by atoms with Crippen LogP contribution in [0.4, 0.5) is 11.8 Å². The maximum absolute atomic E-state index is 13.0. The highest BCUT2D eigenvalue weighted by atomic mass is 16.5. The zero-order valence-electron chi connectivity index (χ0n) is 26.2. The van der Waals surface area contributed by atoms with Gasteiger partial charge in [-0.1, -0.05) is 19.4 Å². The van der Waals surface area contributed by atoms with E-state index in [-0.39, 0.29) is 35.5 Å². The van der Waals surface area contributed by atoms with Gasteiger partial charge in [-0.15, -0.1) is 0 Å². The summed E-state index contributed by atoms with van der Waals surface area (Å²) < 4.78 is 13.3. The summed E-state index contributed by atoms with van der Waals surface area (Å²) in [6.07, 6.45) is 10.2. The van der Waals surface area contributed by atoms with Gasteiger partial charge >= 0.3 is 0 Å². The van der Waals surface area contributed by atoms with Crippen molar-refractivity contribution in [2.24, 2.45) is 11.8 Å². The van der Waals surface area contributed by atoms with Gasteiger partial charge in [-0.3, -0.25) is 24.0 Å². The summed E-state index contributed by atoms with van der Waals surface area (Å²) in [5.41, 5.74) is 9.01. The van der Waals surface area contributed by atoms with E-state index in [1.807, 2.05) is 18.3 Å². The normalized spacial score (nSPS) is 18.1. The number of nitrogens with two attached hydrogens (primary N) is 1. The number of nitrogens with zero attached hydrogens (tertiary/aromatic N) is 5. The van der Waals surface area contributed by atoms with E-state index in [9.17, 15) is 14.4 Å². The highest BCUT2D eigenvalue weighted by molar-refractivity contribution is 6.12. The number of methoxy groups -OCH3 is 2. The molecule has 0 atom stereocenters. The van der Waals surface area contributed by atoms with Crippen molar-refractivity contribution in [2.45, 2.75) is 58.4 Å². The summed E-state index contributed by atoms with van der Waals surface area (Å²) in [4.78, 5) is 46.8. The first kappa shape index (κ1) is 31.7. The fourth-order valence-electron chi connectivity index (χ4n) is 6.12. The summed E-state index contributed by atoms with van der Waals surface area (Å²) in [6, 6.07) is 3.86. The van der Waals surface area contributed by atoms with Crippen LogP contribution in [0.2, 0.25) is 0 Å². The first-order chi connectivity index (χ1) is 21.8. The summed E-state index contributed by atoms with van der Waals surface area (Å²) in [6.45, 7) is 4.13. The third-order valence-electron chi connectivity index (χ3n) is 8.55. The van der Waals surface area contributed by atoms with E-state index in [0.717, 1.165) is 56.2 Å². The first-order valence-electron chi connectivity index (χ1n) is 15.6. The molecule has 3 amide bonds. The van der Waals surface area contributed by atoms with E-state index in [2.05, 4.69) is 27.5 Å². The Morgan fingerprint density at radius 3 is 2.49 bits per heavy atom. The Kier molecular flexibility index (Phi) is 10.2. The number of nitrogens with one attached hydrogen (secondary N) is 2. The maximum atomic E-state index is 13.0. The van der Waals surface area contributed by atoms with Gasteiger partial charge in [0.05, 0.1) is 32.5 Å². The van der Waals surface area contributed by atoms with Crippen molar-refractivity contribution in [2.75, 3.05) is 44.9 Å². The van der Waals surface area contributed by atoms with Crippen LogP contribution in [0.3, 0.4) is 0 Å². The number of benzene rings is 1. The minimum Gasteiger partial charge on any atom is -0.496 e. The number of imide groups is 1. The number of hydrogen-bond acceptors (Lipinski definition) is 10. The monoisotopic (exact) mass is 618 g/mol. The van der Waals surface area contributed by atoms with Crippen LogP contribution in [-0.2, 0) is 27.3 Å². The average molecular weight is 619 g/mol. The Morgan fingerprint density at radius 2 is 1.80 bits per heavy atom. The van der Waals surface area contributed by atoms with Gasteiger partial charge in [0.2, 0.25) is 11.9 Å². The molecule has 2 aromatic heterocycles. The molecule has 1 fully saturated rings. The number of carbonyl (C=O) groups excluding carboxylic acids is 3. The molecule has 0 radical (unpaired) electrons. The van der Waals surface area contributed by atoms with Gasteiger partial charge in [-0.05, 0) is 56.1 Å². The number of hydrogen-bond donors (Lipinski definition) is 3. The molecular formula is C32H42N8O5. The molecule has 0 bridgehead atoms. The lowest BCUT2D eigenvalue weighted by Gasteiger charge is -2.30. The maximum Gasteiger partial charge on any atom is 0.253 e. The van der Waals surface area contributed by atoms with Crippen LogP contribution in [-0.4, -0.2) is 76.2 Å². The molecule has 2 aliphatic rings. The topological polar surface area (TPSA) is 167 Å². The molecule has 13 nitrogen and oxygen atoms in total. The molecule has 0 spiro atoms. The van der Waals surface area contributed by atoms with Crippen LogP contribution < -0.4 is 25.8 Å². The smallest absolute Gasteiger partial charge is 0.253 e. The summed E-state index contributed by atoms with van der Waals surface area (Å²) >= 11 is 0. The van der Waals surface area contributed by atoms with Gasteiger partial charge in [-0.2, -0.15) is 10.1 Å². The average Bonchev–Trinajstić information content (AvgIpc) is 3.59. The number of carbonyl (C=O) groups is 3. The summed E-state index contributed by atoms with van der Waals surface area (Å²) in [5, 5.41) is 11.2. The Morgan fingerprint density at radius 1 is 1.04 bits per heavy atom.